The molecule has 98 valence electrons. The third-order valence-corrected chi connectivity index (χ3v) is 4.92. The van der Waals surface area contributed by atoms with E-state index < -0.39 is 4.92 Å². The molecule has 0 bridgehead atoms. The maximum absolute atomic E-state index is 11.1. The number of halogens is 1. The first kappa shape index (κ1) is 12.6. The van der Waals surface area contributed by atoms with Crippen LogP contribution < -0.4 is 5.32 Å². The molecule has 0 unspecified atom stereocenters. The fraction of sp³-hybridized carbons (Fsp3) is 0.100. The summed E-state index contributed by atoms with van der Waals surface area (Å²) in [6.45, 7) is 0.516. The van der Waals surface area contributed by atoms with E-state index in [1.807, 2.05) is 11.4 Å². The summed E-state index contributed by atoms with van der Waals surface area (Å²) in [5, 5.41) is 17.9. The van der Waals surface area contributed by atoms with Crippen molar-refractivity contribution < 1.29 is 4.92 Å². The molecule has 0 fully saturated rings. The van der Waals surface area contributed by atoms with Crippen LogP contribution in [0.15, 0.2) is 27.5 Å². The summed E-state index contributed by atoms with van der Waals surface area (Å²) in [6.07, 6.45) is 1.65. The zero-order valence-corrected chi connectivity index (χ0v) is 12.6. The lowest BCUT2D eigenvalue weighted by molar-refractivity contribution is -0.389. The predicted molar refractivity (Wildman–Crippen MR) is 79.1 cm³/mol. The lowest BCUT2D eigenvalue weighted by Gasteiger charge is -2.00. The molecule has 6 nitrogen and oxygen atoms in total. The molecule has 1 N–H and O–H groups in total. The maximum Gasteiger partial charge on any atom is 0.372 e. The second-order valence-electron chi connectivity index (χ2n) is 3.68. The standard InChI is InChI=1S/C10H7BrN4O2S2/c11-6-3-7(19-5-6)4-12-8-9(15(16)17)14-1-2-18-10(14)13-8/h1-3,5,12H,4H2. The number of nitrogens with zero attached hydrogens (tertiary/aromatic N) is 3. The number of fused-ring (bicyclic) bond motifs is 1. The number of nitrogens with one attached hydrogen (secondary N) is 1. The molecule has 0 atom stereocenters. The fourth-order valence-electron chi connectivity index (χ4n) is 1.68. The van der Waals surface area contributed by atoms with E-state index >= 15 is 0 Å². The third kappa shape index (κ3) is 2.36. The van der Waals surface area contributed by atoms with Gasteiger partial charge in [0.1, 0.15) is 6.20 Å². The second-order valence-corrected chi connectivity index (χ2v) is 6.47. The van der Waals surface area contributed by atoms with Crippen molar-refractivity contribution in [2.75, 3.05) is 5.32 Å². The third-order valence-electron chi connectivity index (χ3n) is 2.46. The van der Waals surface area contributed by atoms with E-state index in [0.29, 0.717) is 17.3 Å². The van der Waals surface area contributed by atoms with Crippen LogP contribution in [0.2, 0.25) is 0 Å². The average molecular weight is 359 g/mol. The molecule has 3 aromatic heterocycles. The summed E-state index contributed by atoms with van der Waals surface area (Å²) in [7, 11) is 0. The van der Waals surface area contributed by atoms with Crippen molar-refractivity contribution in [3.05, 3.63) is 42.5 Å². The Kier molecular flexibility index (Phi) is 3.25. The van der Waals surface area contributed by atoms with Gasteiger partial charge in [0.15, 0.2) is 0 Å². The van der Waals surface area contributed by atoms with Gasteiger partial charge in [-0.3, -0.25) is 0 Å². The number of anilines is 1. The molecule has 0 amide bonds. The van der Waals surface area contributed by atoms with Gasteiger partial charge in [0.05, 0.1) is 6.54 Å². The Morgan fingerprint density at radius 1 is 1.53 bits per heavy atom. The van der Waals surface area contributed by atoms with Crippen molar-refractivity contribution in [1.29, 1.82) is 0 Å². The summed E-state index contributed by atoms with van der Waals surface area (Å²) < 4.78 is 2.49. The number of hydrogen-bond acceptors (Lipinski definition) is 6. The summed E-state index contributed by atoms with van der Waals surface area (Å²) in [5.41, 5.74) is 0. The van der Waals surface area contributed by atoms with Gasteiger partial charge in [-0.1, -0.05) is 11.3 Å². The van der Waals surface area contributed by atoms with Crippen molar-refractivity contribution >= 4 is 55.2 Å². The lowest BCUT2D eigenvalue weighted by atomic mass is 10.4. The summed E-state index contributed by atoms with van der Waals surface area (Å²) in [5.74, 6) is 0.285. The van der Waals surface area contributed by atoms with Crippen LogP contribution in [0.25, 0.3) is 4.96 Å². The van der Waals surface area contributed by atoms with Gasteiger partial charge in [-0.15, -0.1) is 11.3 Å². The first-order chi connectivity index (χ1) is 9.15. The van der Waals surface area contributed by atoms with Gasteiger partial charge in [-0.05, 0) is 26.9 Å². The number of hydrogen-bond donors (Lipinski definition) is 1. The topological polar surface area (TPSA) is 72.5 Å². The molecule has 0 aromatic carbocycles. The first-order valence-electron chi connectivity index (χ1n) is 5.22. The first-order valence-corrected chi connectivity index (χ1v) is 7.77. The molecule has 3 rings (SSSR count). The molecule has 9 heteroatoms. The minimum atomic E-state index is -0.417. The highest BCUT2D eigenvalue weighted by molar-refractivity contribution is 9.10. The van der Waals surface area contributed by atoms with Crippen molar-refractivity contribution in [3.8, 4) is 0 Å². The molecule has 0 saturated heterocycles. The van der Waals surface area contributed by atoms with Crippen LogP contribution in [0, 0.1) is 10.1 Å². The smallest absolute Gasteiger partial charge is 0.358 e. The van der Waals surface area contributed by atoms with Gasteiger partial charge in [0.25, 0.3) is 4.96 Å². The Labute approximate surface area is 124 Å². The largest absolute Gasteiger partial charge is 0.372 e. The highest BCUT2D eigenvalue weighted by Gasteiger charge is 2.23. The van der Waals surface area contributed by atoms with E-state index in [1.165, 1.54) is 15.7 Å². The van der Waals surface area contributed by atoms with E-state index in [0.717, 1.165) is 9.35 Å². The van der Waals surface area contributed by atoms with Crippen LogP contribution in [0.4, 0.5) is 11.6 Å². The lowest BCUT2D eigenvalue weighted by Crippen LogP contribution is -2.02. The van der Waals surface area contributed by atoms with Crippen molar-refractivity contribution in [2.24, 2.45) is 0 Å². The summed E-state index contributed by atoms with van der Waals surface area (Å²) in [6, 6.07) is 1.97. The summed E-state index contributed by atoms with van der Waals surface area (Å²) >= 11 is 6.32. The SMILES string of the molecule is O=[N+]([O-])c1c(NCc2cc(Br)cs2)nc2sccn12. The number of aromatic nitrogens is 2. The van der Waals surface area contributed by atoms with Gasteiger partial charge in [-0.25, -0.2) is 0 Å². The normalized spacial score (nSPS) is 11.0. The van der Waals surface area contributed by atoms with Crippen LogP contribution >= 0.6 is 38.6 Å². The number of rotatable bonds is 4. The number of imidazole rings is 1. The number of nitro groups is 1. The molecular weight excluding hydrogens is 352 g/mol. The highest BCUT2D eigenvalue weighted by Crippen LogP contribution is 2.29. The molecule has 0 aliphatic carbocycles. The van der Waals surface area contributed by atoms with E-state index in [9.17, 15) is 10.1 Å². The minimum absolute atomic E-state index is 0.0214. The summed E-state index contributed by atoms with van der Waals surface area (Å²) in [4.78, 5) is 16.6. The Balaban J connectivity index is 1.89. The Bertz CT molecular complexity index is 748. The van der Waals surface area contributed by atoms with Crippen LogP contribution in [0.5, 0.6) is 0 Å². The average Bonchev–Trinajstić information content (AvgIpc) is 3.00. The van der Waals surface area contributed by atoms with Crippen LogP contribution in [0.1, 0.15) is 4.88 Å². The van der Waals surface area contributed by atoms with Gasteiger partial charge in [0.2, 0.25) is 5.82 Å². The highest BCUT2D eigenvalue weighted by atomic mass is 79.9. The Morgan fingerprint density at radius 3 is 3.05 bits per heavy atom. The van der Waals surface area contributed by atoms with Crippen molar-refractivity contribution in [1.82, 2.24) is 9.38 Å². The molecular formula is C10H7BrN4O2S2. The minimum Gasteiger partial charge on any atom is -0.358 e. The molecule has 0 saturated carbocycles. The molecule has 0 aliphatic rings. The van der Waals surface area contributed by atoms with Gasteiger partial charge >= 0.3 is 5.82 Å². The Morgan fingerprint density at radius 2 is 2.37 bits per heavy atom. The van der Waals surface area contributed by atoms with Gasteiger partial charge < -0.3 is 15.4 Å². The zero-order chi connectivity index (χ0) is 13.4. The quantitative estimate of drug-likeness (QED) is 0.569. The van der Waals surface area contributed by atoms with Gasteiger partial charge in [-0.2, -0.15) is 9.38 Å². The predicted octanol–water partition coefficient (Wildman–Crippen LogP) is 3.74. The van der Waals surface area contributed by atoms with Crippen molar-refractivity contribution in [3.63, 3.8) is 0 Å². The van der Waals surface area contributed by atoms with E-state index in [1.54, 1.807) is 22.9 Å². The van der Waals surface area contributed by atoms with Crippen molar-refractivity contribution in [2.45, 2.75) is 6.54 Å². The maximum atomic E-state index is 11.1. The molecule has 0 radical (unpaired) electrons. The number of thiophene rings is 1. The van der Waals surface area contributed by atoms with E-state index in [2.05, 4.69) is 26.2 Å². The van der Waals surface area contributed by atoms with Crippen LogP contribution in [-0.2, 0) is 6.54 Å². The molecule has 0 spiro atoms. The van der Waals surface area contributed by atoms with E-state index in [4.69, 9.17) is 0 Å². The van der Waals surface area contributed by atoms with Crippen LogP contribution in [0.3, 0.4) is 0 Å². The zero-order valence-electron chi connectivity index (χ0n) is 9.37. The molecule has 0 aliphatic heterocycles. The number of thiazole rings is 1. The molecule has 3 heterocycles. The van der Waals surface area contributed by atoms with Gasteiger partial charge in [0, 0.05) is 20.1 Å². The molecule has 19 heavy (non-hydrogen) atoms. The van der Waals surface area contributed by atoms with E-state index in [-0.39, 0.29) is 5.82 Å². The monoisotopic (exact) mass is 358 g/mol. The van der Waals surface area contributed by atoms with Crippen LogP contribution in [-0.4, -0.2) is 14.3 Å². The molecule has 3 aromatic rings. The Hall–Kier alpha value is -1.45. The second kappa shape index (κ2) is 4.91. The fourth-order valence-corrected chi connectivity index (χ4v) is 3.78.